The number of carbonyl (C=O) groups is 3. The lowest BCUT2D eigenvalue weighted by atomic mass is 10.2. The Morgan fingerprint density at radius 2 is 0.906 bits per heavy atom. The van der Waals surface area contributed by atoms with Crippen LogP contribution in [0.3, 0.4) is 0 Å². The summed E-state index contributed by atoms with van der Waals surface area (Å²) in [5, 5.41) is 2.25. The molecule has 0 saturated heterocycles. The molecule has 0 aromatic heterocycles. The summed E-state index contributed by atoms with van der Waals surface area (Å²) in [5.41, 5.74) is 2.24. The van der Waals surface area contributed by atoms with Gasteiger partial charge in [0, 0.05) is 0 Å². The third-order valence-electron chi connectivity index (χ3n) is 4.39. The molecule has 1 N–H and O–H groups in total. The second-order valence-electron chi connectivity index (χ2n) is 6.83. The Hall–Kier alpha value is -4.13. The van der Waals surface area contributed by atoms with Gasteiger partial charge in [-0.3, -0.25) is 5.32 Å². The first-order valence-electron chi connectivity index (χ1n) is 10.00. The maximum atomic E-state index is 12.6. The Morgan fingerprint density at radius 1 is 0.562 bits per heavy atom. The summed E-state index contributed by atoms with van der Waals surface area (Å²) in [6.45, 7) is -0.122. The Balaban J connectivity index is 1.61. The van der Waals surface area contributed by atoms with E-state index in [-0.39, 0.29) is 19.8 Å². The molecule has 0 fully saturated rings. The molecule has 32 heavy (non-hydrogen) atoms. The molecule has 7 heteroatoms. The van der Waals surface area contributed by atoms with Crippen LogP contribution in [0.5, 0.6) is 0 Å². The summed E-state index contributed by atoms with van der Waals surface area (Å²) >= 11 is 0. The molecule has 1 amide bonds. The van der Waals surface area contributed by atoms with E-state index >= 15 is 0 Å². The highest BCUT2D eigenvalue weighted by molar-refractivity contribution is 6.01. The monoisotopic (exact) mass is 433 g/mol. The van der Waals surface area contributed by atoms with Crippen LogP contribution in [0.2, 0.25) is 0 Å². The molecular weight excluding hydrogens is 410 g/mol. The first-order valence-corrected chi connectivity index (χ1v) is 10.00. The molecule has 164 valence electrons. The highest BCUT2D eigenvalue weighted by Gasteiger charge is 2.32. The standard InChI is InChI=1S/C25H23NO6/c27-23(30-16-19-10-4-1-5-11-19)22(24(28)31-17-20-12-6-2-7-13-20)26-25(29)32-18-21-14-8-3-9-15-21/h1-15,22H,16-18H2,(H,26,29). The molecule has 0 aliphatic rings. The molecule has 0 atom stereocenters. The topological polar surface area (TPSA) is 90.9 Å². The quantitative estimate of drug-likeness (QED) is 0.314. The Bertz CT molecular complexity index is 953. The Labute approximate surface area is 185 Å². The molecule has 0 bridgehead atoms. The van der Waals surface area contributed by atoms with Crippen molar-refractivity contribution in [2.45, 2.75) is 25.9 Å². The summed E-state index contributed by atoms with van der Waals surface area (Å²) in [6.07, 6.45) is -0.938. The van der Waals surface area contributed by atoms with E-state index in [2.05, 4.69) is 5.32 Å². The number of esters is 2. The third kappa shape index (κ3) is 7.28. The first-order chi connectivity index (χ1) is 15.6. The van der Waals surface area contributed by atoms with E-state index in [9.17, 15) is 14.4 Å². The zero-order chi connectivity index (χ0) is 22.6. The van der Waals surface area contributed by atoms with Crippen LogP contribution in [0.4, 0.5) is 4.79 Å². The van der Waals surface area contributed by atoms with Gasteiger partial charge < -0.3 is 14.2 Å². The molecule has 3 rings (SSSR count). The number of alkyl carbamates (subject to hydrolysis) is 1. The summed E-state index contributed by atoms with van der Waals surface area (Å²) < 4.78 is 15.6. The lowest BCUT2D eigenvalue weighted by Gasteiger charge is -2.17. The second kappa shape index (κ2) is 11.9. The number of rotatable bonds is 9. The number of amides is 1. The first kappa shape index (κ1) is 22.6. The second-order valence-corrected chi connectivity index (χ2v) is 6.83. The fourth-order valence-electron chi connectivity index (χ4n) is 2.72. The van der Waals surface area contributed by atoms with E-state index < -0.39 is 24.1 Å². The Morgan fingerprint density at radius 3 is 1.28 bits per heavy atom. The van der Waals surface area contributed by atoms with Crippen molar-refractivity contribution in [3.05, 3.63) is 108 Å². The normalized spacial score (nSPS) is 10.3. The molecule has 0 unspecified atom stereocenters. The van der Waals surface area contributed by atoms with E-state index in [0.29, 0.717) is 0 Å². The summed E-state index contributed by atoms with van der Waals surface area (Å²) in [5.74, 6) is -1.88. The fourth-order valence-corrected chi connectivity index (χ4v) is 2.72. The highest BCUT2D eigenvalue weighted by atomic mass is 16.6. The molecule has 0 radical (unpaired) electrons. The van der Waals surface area contributed by atoms with Crippen molar-refractivity contribution in [3.63, 3.8) is 0 Å². The largest absolute Gasteiger partial charge is 0.459 e. The van der Waals surface area contributed by atoms with Gasteiger partial charge in [0.15, 0.2) is 0 Å². The van der Waals surface area contributed by atoms with Gasteiger partial charge >= 0.3 is 18.0 Å². The van der Waals surface area contributed by atoms with Crippen molar-refractivity contribution in [1.29, 1.82) is 0 Å². The zero-order valence-electron chi connectivity index (χ0n) is 17.3. The van der Waals surface area contributed by atoms with Crippen molar-refractivity contribution in [2.24, 2.45) is 0 Å². The van der Waals surface area contributed by atoms with E-state index in [1.165, 1.54) is 0 Å². The minimum absolute atomic E-state index is 0.0163. The van der Waals surface area contributed by atoms with E-state index in [0.717, 1.165) is 16.7 Å². The molecule has 0 aliphatic carbocycles. The van der Waals surface area contributed by atoms with E-state index in [1.54, 1.807) is 72.8 Å². The molecule has 0 spiro atoms. The summed E-state index contributed by atoms with van der Waals surface area (Å²) in [4.78, 5) is 37.4. The summed E-state index contributed by atoms with van der Waals surface area (Å²) in [6, 6.07) is 25.3. The van der Waals surface area contributed by atoms with Crippen molar-refractivity contribution in [1.82, 2.24) is 5.32 Å². The van der Waals surface area contributed by atoms with Crippen molar-refractivity contribution in [2.75, 3.05) is 0 Å². The average Bonchev–Trinajstić information content (AvgIpc) is 2.85. The van der Waals surface area contributed by atoms with Gasteiger partial charge in [0.2, 0.25) is 6.04 Å². The smallest absolute Gasteiger partial charge is 0.408 e. The van der Waals surface area contributed by atoms with Gasteiger partial charge in [-0.15, -0.1) is 0 Å². The van der Waals surface area contributed by atoms with Gasteiger partial charge in [-0.2, -0.15) is 0 Å². The van der Waals surface area contributed by atoms with Gasteiger partial charge in [0.25, 0.3) is 0 Å². The van der Waals surface area contributed by atoms with Crippen LogP contribution >= 0.6 is 0 Å². The van der Waals surface area contributed by atoms with E-state index in [1.807, 2.05) is 18.2 Å². The minimum atomic E-state index is -1.66. The van der Waals surface area contributed by atoms with Crippen LogP contribution in [0.1, 0.15) is 16.7 Å². The number of hydrogen-bond acceptors (Lipinski definition) is 6. The van der Waals surface area contributed by atoms with E-state index in [4.69, 9.17) is 14.2 Å². The van der Waals surface area contributed by atoms with Gasteiger partial charge in [-0.25, -0.2) is 14.4 Å². The molecule has 0 saturated carbocycles. The zero-order valence-corrected chi connectivity index (χ0v) is 17.3. The highest BCUT2D eigenvalue weighted by Crippen LogP contribution is 2.07. The van der Waals surface area contributed by atoms with Crippen LogP contribution in [0, 0.1) is 0 Å². The van der Waals surface area contributed by atoms with Crippen LogP contribution in [-0.4, -0.2) is 24.1 Å². The molecule has 0 aliphatic heterocycles. The predicted octanol–water partition coefficient (Wildman–Crippen LogP) is 3.77. The molecule has 3 aromatic carbocycles. The number of benzene rings is 3. The SMILES string of the molecule is O=C(NC(C(=O)OCc1ccccc1)C(=O)OCc1ccccc1)OCc1ccccc1. The number of carbonyl (C=O) groups excluding carboxylic acids is 3. The lowest BCUT2D eigenvalue weighted by Crippen LogP contribution is -2.48. The van der Waals surface area contributed by atoms with Crippen LogP contribution in [-0.2, 0) is 43.6 Å². The maximum absolute atomic E-state index is 12.6. The van der Waals surface area contributed by atoms with Crippen LogP contribution < -0.4 is 5.32 Å². The minimum Gasteiger partial charge on any atom is -0.459 e. The van der Waals surface area contributed by atoms with Crippen LogP contribution in [0.25, 0.3) is 0 Å². The van der Waals surface area contributed by atoms with Gasteiger partial charge in [-0.05, 0) is 16.7 Å². The molecule has 3 aromatic rings. The van der Waals surface area contributed by atoms with Gasteiger partial charge in [-0.1, -0.05) is 91.0 Å². The van der Waals surface area contributed by atoms with Gasteiger partial charge in [0.05, 0.1) is 0 Å². The molecule has 7 nitrogen and oxygen atoms in total. The maximum Gasteiger partial charge on any atom is 0.408 e. The van der Waals surface area contributed by atoms with Crippen LogP contribution in [0.15, 0.2) is 91.0 Å². The van der Waals surface area contributed by atoms with Gasteiger partial charge in [0.1, 0.15) is 19.8 Å². The predicted molar refractivity (Wildman–Crippen MR) is 116 cm³/mol. The lowest BCUT2D eigenvalue weighted by molar-refractivity contribution is -0.159. The average molecular weight is 433 g/mol. The fraction of sp³-hybridized carbons (Fsp3) is 0.160. The number of ether oxygens (including phenoxy) is 3. The third-order valence-corrected chi connectivity index (χ3v) is 4.39. The Kier molecular flexibility index (Phi) is 8.39. The van der Waals surface area contributed by atoms with Crippen molar-refractivity contribution in [3.8, 4) is 0 Å². The summed E-state index contributed by atoms with van der Waals surface area (Å²) in [7, 11) is 0. The number of nitrogens with one attached hydrogen (secondary N) is 1. The number of hydrogen-bond donors (Lipinski definition) is 1. The van der Waals surface area contributed by atoms with Crippen molar-refractivity contribution < 1.29 is 28.6 Å². The molecule has 0 heterocycles. The molecular formula is C25H23NO6. The van der Waals surface area contributed by atoms with Crippen molar-refractivity contribution >= 4 is 18.0 Å².